The maximum atomic E-state index is 12.7. The quantitative estimate of drug-likeness (QED) is 0.532. The highest BCUT2D eigenvalue weighted by Crippen LogP contribution is 2.35. The molecule has 0 aromatic heterocycles. The predicted molar refractivity (Wildman–Crippen MR) is 135 cm³/mol. The number of hydrogen-bond donors (Lipinski definition) is 3. The van der Waals surface area contributed by atoms with Crippen LogP contribution in [0.5, 0.6) is 0 Å². The zero-order valence-corrected chi connectivity index (χ0v) is 21.9. The molecule has 10 nitrogen and oxygen atoms in total. The molecule has 2 aliphatic heterocycles. The van der Waals surface area contributed by atoms with Crippen molar-refractivity contribution in [1.82, 2.24) is 24.6 Å². The van der Waals surface area contributed by atoms with E-state index in [0.29, 0.717) is 44.5 Å². The lowest BCUT2D eigenvalue weighted by Crippen LogP contribution is -2.52. The molecule has 1 aliphatic carbocycles. The molecule has 1 aromatic carbocycles. The summed E-state index contributed by atoms with van der Waals surface area (Å²) in [5.41, 5.74) is 1.67. The highest BCUT2D eigenvalue weighted by Gasteiger charge is 2.33. The third-order valence-corrected chi connectivity index (χ3v) is 9.19. The summed E-state index contributed by atoms with van der Waals surface area (Å²) >= 11 is 0. The minimum Gasteiger partial charge on any atom is -0.338 e. The lowest BCUT2D eigenvalue weighted by molar-refractivity contribution is 0.0820. The average molecular weight is 520 g/mol. The van der Waals surface area contributed by atoms with Crippen LogP contribution in [0.2, 0.25) is 0 Å². The minimum absolute atomic E-state index is 0.000749. The number of piperidine rings is 1. The fourth-order valence-corrected chi connectivity index (χ4v) is 6.39. The van der Waals surface area contributed by atoms with Crippen molar-refractivity contribution in [2.24, 2.45) is 11.3 Å². The van der Waals surface area contributed by atoms with Crippen LogP contribution < -0.4 is 15.4 Å². The van der Waals surface area contributed by atoms with E-state index >= 15 is 0 Å². The monoisotopic (exact) mass is 519 g/mol. The fourth-order valence-electron chi connectivity index (χ4n) is 5.28. The van der Waals surface area contributed by atoms with Crippen LogP contribution in [0.25, 0.3) is 0 Å². The minimum atomic E-state index is -3.90. The number of amides is 5. The van der Waals surface area contributed by atoms with Gasteiger partial charge in [0.1, 0.15) is 0 Å². The Bertz CT molecular complexity index is 1090. The second kappa shape index (κ2) is 10.8. The summed E-state index contributed by atoms with van der Waals surface area (Å²) in [5.74, 6) is -0.0341. The molecular formula is C25H37N5O5S. The Morgan fingerprint density at radius 3 is 2.39 bits per heavy atom. The van der Waals surface area contributed by atoms with Gasteiger partial charge in [-0.2, -0.15) is 12.7 Å². The van der Waals surface area contributed by atoms with E-state index in [-0.39, 0.29) is 29.8 Å². The van der Waals surface area contributed by atoms with Crippen molar-refractivity contribution in [3.8, 4) is 0 Å². The fraction of sp³-hybridized carbons (Fsp3) is 0.640. The number of carbonyl (C=O) groups excluding carboxylic acids is 3. The molecule has 36 heavy (non-hydrogen) atoms. The molecule has 0 radical (unpaired) electrons. The maximum Gasteiger partial charge on any atom is 0.329 e. The normalized spacial score (nSPS) is 21.2. The maximum absolute atomic E-state index is 12.7. The van der Waals surface area contributed by atoms with Crippen molar-refractivity contribution in [3.05, 3.63) is 35.4 Å². The van der Waals surface area contributed by atoms with Gasteiger partial charge in [0, 0.05) is 31.2 Å². The van der Waals surface area contributed by atoms with E-state index < -0.39 is 22.3 Å². The lowest BCUT2D eigenvalue weighted by Gasteiger charge is -2.35. The summed E-state index contributed by atoms with van der Waals surface area (Å²) < 4.78 is 28.8. The summed E-state index contributed by atoms with van der Waals surface area (Å²) in [4.78, 5) is 38.4. The molecule has 1 saturated carbocycles. The Morgan fingerprint density at radius 1 is 1.06 bits per heavy atom. The molecule has 0 spiro atoms. The summed E-state index contributed by atoms with van der Waals surface area (Å²) in [6, 6.07) is 6.12. The van der Waals surface area contributed by atoms with E-state index in [1.165, 1.54) is 9.21 Å². The van der Waals surface area contributed by atoms with Crippen molar-refractivity contribution in [3.63, 3.8) is 0 Å². The van der Waals surface area contributed by atoms with E-state index in [4.69, 9.17) is 0 Å². The van der Waals surface area contributed by atoms with Crippen molar-refractivity contribution in [1.29, 1.82) is 0 Å². The van der Waals surface area contributed by atoms with Gasteiger partial charge in [-0.05, 0) is 67.9 Å². The number of benzene rings is 1. The molecule has 2 fully saturated rings. The number of imide groups is 1. The van der Waals surface area contributed by atoms with Crippen LogP contribution in [0.4, 0.5) is 9.59 Å². The Kier molecular flexibility index (Phi) is 7.89. The number of nitrogens with one attached hydrogen (secondary N) is 3. The van der Waals surface area contributed by atoms with Crippen LogP contribution in [0.15, 0.2) is 24.3 Å². The van der Waals surface area contributed by atoms with E-state index in [9.17, 15) is 22.8 Å². The van der Waals surface area contributed by atoms with Gasteiger partial charge < -0.3 is 10.6 Å². The summed E-state index contributed by atoms with van der Waals surface area (Å²) in [5, 5.41) is 5.62. The van der Waals surface area contributed by atoms with Gasteiger partial charge in [0.25, 0.3) is 5.91 Å². The van der Waals surface area contributed by atoms with Crippen LogP contribution >= 0.6 is 0 Å². The molecule has 1 aromatic rings. The SMILES string of the molecule is CC1(C)CCC(NC(=O)NS(=O)(=O)N2CCC(CCNC(=O)N3Cc4ccccc4C3=O)CC2)CC1. The molecule has 4 rings (SSSR count). The van der Waals surface area contributed by atoms with Gasteiger partial charge >= 0.3 is 22.3 Å². The first kappa shape index (κ1) is 26.4. The van der Waals surface area contributed by atoms with E-state index in [1.54, 1.807) is 12.1 Å². The molecule has 1 saturated heterocycles. The topological polar surface area (TPSA) is 128 Å². The smallest absolute Gasteiger partial charge is 0.329 e. The Morgan fingerprint density at radius 2 is 1.72 bits per heavy atom. The van der Waals surface area contributed by atoms with Crippen LogP contribution in [0.1, 0.15) is 74.7 Å². The van der Waals surface area contributed by atoms with Gasteiger partial charge in [-0.15, -0.1) is 0 Å². The zero-order chi connectivity index (χ0) is 25.9. The summed E-state index contributed by atoms with van der Waals surface area (Å²) in [6.07, 6.45) is 5.68. The second-order valence-corrected chi connectivity index (χ2v) is 12.6. The van der Waals surface area contributed by atoms with E-state index in [1.807, 2.05) is 12.1 Å². The van der Waals surface area contributed by atoms with Gasteiger partial charge in [-0.1, -0.05) is 32.0 Å². The van der Waals surface area contributed by atoms with Gasteiger partial charge in [0.15, 0.2) is 0 Å². The van der Waals surface area contributed by atoms with Crippen molar-refractivity contribution in [2.45, 2.75) is 71.4 Å². The van der Waals surface area contributed by atoms with Crippen LogP contribution in [-0.4, -0.2) is 61.3 Å². The molecule has 2 heterocycles. The number of hydrogen-bond acceptors (Lipinski definition) is 5. The first-order chi connectivity index (χ1) is 17.0. The number of carbonyl (C=O) groups is 3. The Labute approximate surface area is 213 Å². The number of rotatable bonds is 6. The van der Waals surface area contributed by atoms with Crippen LogP contribution in [0, 0.1) is 11.3 Å². The molecule has 11 heteroatoms. The molecule has 3 aliphatic rings. The van der Waals surface area contributed by atoms with E-state index in [2.05, 4.69) is 29.2 Å². The molecule has 0 atom stereocenters. The number of nitrogens with zero attached hydrogens (tertiary/aromatic N) is 2. The highest BCUT2D eigenvalue weighted by atomic mass is 32.2. The average Bonchev–Trinajstić information content (AvgIpc) is 3.17. The summed E-state index contributed by atoms with van der Waals surface area (Å²) in [7, 11) is -3.90. The number of urea groups is 2. The van der Waals surface area contributed by atoms with Crippen LogP contribution in [0.3, 0.4) is 0 Å². The molecule has 0 unspecified atom stereocenters. The van der Waals surface area contributed by atoms with Gasteiger partial charge in [0.05, 0.1) is 6.54 Å². The van der Waals surface area contributed by atoms with Crippen molar-refractivity contribution in [2.75, 3.05) is 19.6 Å². The Balaban J connectivity index is 1.15. The zero-order valence-electron chi connectivity index (χ0n) is 21.1. The molecule has 5 amide bonds. The lowest BCUT2D eigenvalue weighted by atomic mass is 9.76. The highest BCUT2D eigenvalue weighted by molar-refractivity contribution is 7.87. The van der Waals surface area contributed by atoms with Gasteiger partial charge in [-0.25, -0.2) is 14.3 Å². The molecule has 198 valence electrons. The first-order valence-corrected chi connectivity index (χ1v) is 14.2. The third kappa shape index (κ3) is 6.36. The van der Waals surface area contributed by atoms with Crippen molar-refractivity contribution >= 4 is 28.2 Å². The molecular weight excluding hydrogens is 482 g/mol. The van der Waals surface area contributed by atoms with Crippen molar-refractivity contribution < 1.29 is 22.8 Å². The number of fused-ring (bicyclic) bond motifs is 1. The largest absolute Gasteiger partial charge is 0.338 e. The van der Waals surface area contributed by atoms with Crippen LogP contribution in [-0.2, 0) is 16.8 Å². The van der Waals surface area contributed by atoms with E-state index in [0.717, 1.165) is 31.2 Å². The predicted octanol–water partition coefficient (Wildman–Crippen LogP) is 2.97. The molecule has 0 bridgehead atoms. The van der Waals surface area contributed by atoms with Gasteiger partial charge in [0.2, 0.25) is 0 Å². The third-order valence-electron chi connectivity index (χ3n) is 7.70. The second-order valence-electron chi connectivity index (χ2n) is 10.9. The first-order valence-electron chi connectivity index (χ1n) is 12.8. The summed E-state index contributed by atoms with van der Waals surface area (Å²) in [6.45, 7) is 5.74. The Hall–Kier alpha value is -2.66. The van der Waals surface area contributed by atoms with Gasteiger partial charge in [-0.3, -0.25) is 9.69 Å². The molecule has 3 N–H and O–H groups in total. The standard InChI is InChI=1S/C25H37N5O5S/c1-25(2)12-7-20(8-13-25)27-23(32)28-36(34,35)29-15-10-18(11-16-29)9-14-26-24(33)30-17-19-5-3-4-6-21(19)22(30)31/h3-6,18,20H,7-17H2,1-2H3,(H,26,33)(H2,27,28,32).